The van der Waals surface area contributed by atoms with E-state index < -0.39 is 5.97 Å². The Balaban J connectivity index is 1.58. The van der Waals surface area contributed by atoms with Gasteiger partial charge in [0.1, 0.15) is 11.6 Å². The molecule has 0 atom stereocenters. The zero-order chi connectivity index (χ0) is 25.1. The Morgan fingerprint density at radius 1 is 1.09 bits per heavy atom. The number of aromatic nitrogens is 1. The van der Waals surface area contributed by atoms with E-state index in [4.69, 9.17) is 9.72 Å². The molecule has 1 aromatic heterocycles. The van der Waals surface area contributed by atoms with Gasteiger partial charge in [-0.15, -0.1) is 0 Å². The second kappa shape index (κ2) is 10.5. The maximum Gasteiger partial charge on any atom is 0.307 e. The molecule has 0 saturated carbocycles. The van der Waals surface area contributed by atoms with E-state index in [1.807, 2.05) is 38.1 Å². The Morgan fingerprint density at radius 2 is 1.74 bits per heavy atom. The normalized spacial score (nSPS) is 13.7. The summed E-state index contributed by atoms with van der Waals surface area (Å²) in [5, 5.41) is 9.59. The van der Waals surface area contributed by atoms with Gasteiger partial charge in [-0.05, 0) is 61.1 Å². The van der Waals surface area contributed by atoms with Crippen molar-refractivity contribution in [3.05, 3.63) is 76.9 Å². The van der Waals surface area contributed by atoms with Crippen LogP contribution < -0.4 is 9.64 Å². The molecule has 184 valence electrons. The second-order valence-corrected chi connectivity index (χ2v) is 9.71. The molecular formula is C29H33FN2O3. The third-order valence-corrected chi connectivity index (χ3v) is 6.87. The molecule has 0 radical (unpaired) electrons. The van der Waals surface area contributed by atoms with Gasteiger partial charge in [0.05, 0.1) is 18.7 Å². The Hall–Kier alpha value is -3.41. The lowest BCUT2D eigenvalue weighted by atomic mass is 9.85. The minimum atomic E-state index is -0.850. The van der Waals surface area contributed by atoms with Gasteiger partial charge in [-0.25, -0.2) is 4.39 Å². The molecule has 0 aliphatic carbocycles. The highest BCUT2D eigenvalue weighted by atomic mass is 19.1. The number of hydrogen-bond acceptors (Lipinski definition) is 4. The molecule has 6 heteroatoms. The highest BCUT2D eigenvalue weighted by Crippen LogP contribution is 2.42. The maximum absolute atomic E-state index is 13.1. The molecule has 1 N–H and O–H groups in total. The van der Waals surface area contributed by atoms with E-state index in [9.17, 15) is 14.3 Å². The molecule has 0 spiro atoms. The van der Waals surface area contributed by atoms with Crippen molar-refractivity contribution in [2.24, 2.45) is 11.8 Å². The lowest BCUT2D eigenvalue weighted by Crippen LogP contribution is -2.49. The molecule has 3 aromatic rings. The highest BCUT2D eigenvalue weighted by molar-refractivity contribution is 5.86. The van der Waals surface area contributed by atoms with Gasteiger partial charge in [-0.2, -0.15) is 0 Å². The summed E-state index contributed by atoms with van der Waals surface area (Å²) in [5.74, 6) is 0.857. The zero-order valence-corrected chi connectivity index (χ0v) is 20.8. The summed E-state index contributed by atoms with van der Waals surface area (Å²) in [6.45, 7) is 10.7. The lowest BCUT2D eigenvalue weighted by Gasteiger charge is -2.45. The van der Waals surface area contributed by atoms with Gasteiger partial charge in [0.25, 0.3) is 0 Å². The molecule has 2 heterocycles. The van der Waals surface area contributed by atoms with Crippen LogP contribution in [-0.2, 0) is 17.6 Å². The molecular weight excluding hydrogens is 443 g/mol. The van der Waals surface area contributed by atoms with Crippen molar-refractivity contribution in [1.82, 2.24) is 4.98 Å². The third-order valence-electron chi connectivity index (χ3n) is 6.87. The van der Waals surface area contributed by atoms with Crippen LogP contribution in [0.15, 0.2) is 48.5 Å². The molecule has 1 saturated heterocycles. The molecule has 1 aliphatic rings. The molecule has 5 nitrogen and oxygen atoms in total. The van der Waals surface area contributed by atoms with Gasteiger partial charge in [-0.1, -0.05) is 38.1 Å². The van der Waals surface area contributed by atoms with Crippen molar-refractivity contribution in [1.29, 1.82) is 0 Å². The predicted molar refractivity (Wildman–Crippen MR) is 137 cm³/mol. The van der Waals surface area contributed by atoms with E-state index in [-0.39, 0.29) is 12.2 Å². The van der Waals surface area contributed by atoms with Crippen molar-refractivity contribution in [2.75, 3.05) is 24.6 Å². The number of nitrogens with zero attached hydrogens (tertiary/aromatic N) is 2. The number of rotatable bonds is 9. The van der Waals surface area contributed by atoms with Crippen molar-refractivity contribution in [3.63, 3.8) is 0 Å². The van der Waals surface area contributed by atoms with Crippen LogP contribution in [0.5, 0.6) is 5.75 Å². The average Bonchev–Trinajstić information content (AvgIpc) is 2.77. The number of carboxylic acid groups (broad SMARTS) is 1. The molecule has 0 unspecified atom stereocenters. The Kier molecular flexibility index (Phi) is 7.39. The van der Waals surface area contributed by atoms with Gasteiger partial charge < -0.3 is 14.7 Å². The molecule has 4 rings (SSSR count). The zero-order valence-electron chi connectivity index (χ0n) is 20.8. The van der Waals surface area contributed by atoms with E-state index in [0.29, 0.717) is 24.9 Å². The first kappa shape index (κ1) is 24.7. The fraction of sp³-hybridized carbons (Fsp3) is 0.379. The van der Waals surface area contributed by atoms with E-state index in [1.54, 1.807) is 12.1 Å². The molecule has 1 fully saturated rings. The minimum Gasteiger partial charge on any atom is -0.493 e. The fourth-order valence-corrected chi connectivity index (χ4v) is 4.70. The first-order valence-corrected chi connectivity index (χ1v) is 12.2. The van der Waals surface area contributed by atoms with Crippen LogP contribution in [0.1, 0.15) is 36.4 Å². The number of halogens is 1. The van der Waals surface area contributed by atoms with Gasteiger partial charge in [-0.3, -0.25) is 9.78 Å². The van der Waals surface area contributed by atoms with Crippen LogP contribution in [0.2, 0.25) is 0 Å². The van der Waals surface area contributed by atoms with Gasteiger partial charge in [0, 0.05) is 42.0 Å². The van der Waals surface area contributed by atoms with Crippen LogP contribution in [0, 0.1) is 31.5 Å². The number of ether oxygens (including phenoxy) is 1. The van der Waals surface area contributed by atoms with E-state index in [2.05, 4.69) is 18.7 Å². The average molecular weight is 477 g/mol. The molecule has 35 heavy (non-hydrogen) atoms. The summed E-state index contributed by atoms with van der Waals surface area (Å²) in [4.78, 5) is 18.7. The quantitative estimate of drug-likeness (QED) is 0.420. The first-order chi connectivity index (χ1) is 16.7. The monoisotopic (exact) mass is 476 g/mol. The summed E-state index contributed by atoms with van der Waals surface area (Å²) >= 11 is 0. The number of hydrogen-bond donors (Lipinski definition) is 1. The summed E-state index contributed by atoms with van der Waals surface area (Å²) < 4.78 is 19.0. The molecule has 0 amide bonds. The number of pyridine rings is 1. The standard InChI is InChI=1S/C29H33FN2O3/c1-18(2)23-16-32(17-23)29-26(15-27(33)34)19(3)31-20(4)28(29)22-7-11-25(12-8-22)35-14-13-21-5-9-24(30)10-6-21/h5-12,18,23H,13-17H2,1-4H3,(H,33,34). The van der Waals surface area contributed by atoms with E-state index in [1.165, 1.54) is 12.1 Å². The fourth-order valence-electron chi connectivity index (χ4n) is 4.70. The van der Waals surface area contributed by atoms with Gasteiger partial charge >= 0.3 is 5.97 Å². The number of aliphatic carboxylic acids is 1. The lowest BCUT2D eigenvalue weighted by molar-refractivity contribution is -0.136. The minimum absolute atomic E-state index is 0.0468. The summed E-state index contributed by atoms with van der Waals surface area (Å²) in [5.41, 5.74) is 6.47. The number of anilines is 1. The van der Waals surface area contributed by atoms with Crippen LogP contribution in [0.3, 0.4) is 0 Å². The summed E-state index contributed by atoms with van der Waals surface area (Å²) in [6, 6.07) is 14.4. The van der Waals surface area contributed by atoms with Crippen LogP contribution >= 0.6 is 0 Å². The third kappa shape index (κ3) is 5.64. The number of carbonyl (C=O) groups is 1. The van der Waals surface area contributed by atoms with Crippen molar-refractivity contribution in [2.45, 2.75) is 40.5 Å². The molecule has 0 bridgehead atoms. The van der Waals surface area contributed by atoms with Gasteiger partial charge in [0.15, 0.2) is 0 Å². The highest BCUT2D eigenvalue weighted by Gasteiger charge is 2.33. The van der Waals surface area contributed by atoms with Crippen LogP contribution in [0.4, 0.5) is 10.1 Å². The maximum atomic E-state index is 13.1. The Morgan fingerprint density at radius 3 is 2.34 bits per heavy atom. The van der Waals surface area contributed by atoms with Crippen molar-refractivity contribution >= 4 is 11.7 Å². The number of benzene rings is 2. The van der Waals surface area contributed by atoms with Crippen molar-refractivity contribution in [3.8, 4) is 16.9 Å². The van der Waals surface area contributed by atoms with E-state index in [0.717, 1.165) is 58.2 Å². The predicted octanol–water partition coefficient (Wildman–Crippen LogP) is 5.85. The van der Waals surface area contributed by atoms with Crippen LogP contribution in [-0.4, -0.2) is 35.8 Å². The smallest absolute Gasteiger partial charge is 0.307 e. The number of aryl methyl sites for hydroxylation is 2. The van der Waals surface area contributed by atoms with Crippen LogP contribution in [0.25, 0.3) is 11.1 Å². The summed E-state index contributed by atoms with van der Waals surface area (Å²) in [7, 11) is 0. The molecule has 2 aromatic carbocycles. The van der Waals surface area contributed by atoms with Gasteiger partial charge in [0.2, 0.25) is 0 Å². The first-order valence-electron chi connectivity index (χ1n) is 12.2. The topological polar surface area (TPSA) is 62.7 Å². The Labute approximate surface area is 206 Å². The van der Waals surface area contributed by atoms with E-state index >= 15 is 0 Å². The van der Waals surface area contributed by atoms with Crippen molar-refractivity contribution < 1.29 is 19.0 Å². The SMILES string of the molecule is Cc1nc(C)c(-c2ccc(OCCc3ccc(F)cc3)cc2)c(N2CC(C(C)C)C2)c1CC(=O)O. The largest absolute Gasteiger partial charge is 0.493 e. The summed E-state index contributed by atoms with van der Waals surface area (Å²) in [6.07, 6.45) is 0.645. The number of carboxylic acids is 1. The Bertz CT molecular complexity index is 1180. The molecule has 1 aliphatic heterocycles. The second-order valence-electron chi connectivity index (χ2n) is 9.71.